The third-order valence-corrected chi connectivity index (χ3v) is 3.85. The van der Waals surface area contributed by atoms with Gasteiger partial charge in [0.1, 0.15) is 0 Å². The van der Waals surface area contributed by atoms with E-state index >= 15 is 0 Å². The molecule has 0 nitrogen and oxygen atoms in total. The predicted octanol–water partition coefficient (Wildman–Crippen LogP) is 6.45. The fourth-order valence-corrected chi connectivity index (χ4v) is 2.06. The summed E-state index contributed by atoms with van der Waals surface area (Å²) in [5.41, 5.74) is 0. The van der Waals surface area contributed by atoms with Crippen LogP contribution in [0.3, 0.4) is 0 Å². The monoisotopic (exact) mass is 228 g/mol. The van der Waals surface area contributed by atoms with Crippen LogP contribution >= 0.6 is 0 Å². The van der Waals surface area contributed by atoms with Crippen LogP contribution in [-0.2, 0) is 0 Å². The summed E-state index contributed by atoms with van der Waals surface area (Å²) in [4.78, 5) is 0. The van der Waals surface area contributed by atoms with E-state index in [4.69, 9.17) is 0 Å². The molecule has 0 aromatic heterocycles. The molecule has 100 valence electrons. The molecule has 0 atom stereocenters. The van der Waals surface area contributed by atoms with E-state index < -0.39 is 0 Å². The van der Waals surface area contributed by atoms with Crippen LogP contribution in [0.5, 0.6) is 0 Å². The second kappa shape index (κ2) is 15.0. The number of unbranched alkanes of at least 4 members (excludes halogenated alkanes) is 1. The zero-order valence-electron chi connectivity index (χ0n) is 12.8. The molecule has 0 unspecified atom stereocenters. The molecule has 0 radical (unpaired) electrons. The van der Waals surface area contributed by atoms with Gasteiger partial charge in [-0.05, 0) is 11.8 Å². The fraction of sp³-hybridized carbons (Fsp3) is 1.00. The molecule has 0 saturated heterocycles. The summed E-state index contributed by atoms with van der Waals surface area (Å²) in [6.45, 7) is 13.6. The van der Waals surface area contributed by atoms with Crippen LogP contribution in [0.1, 0.15) is 92.9 Å². The van der Waals surface area contributed by atoms with Crippen LogP contribution in [-0.4, -0.2) is 0 Å². The first-order valence-corrected chi connectivity index (χ1v) is 7.69. The van der Waals surface area contributed by atoms with Gasteiger partial charge in [-0.25, -0.2) is 0 Å². The van der Waals surface area contributed by atoms with E-state index in [2.05, 4.69) is 41.5 Å². The maximum atomic E-state index is 2.30. The zero-order chi connectivity index (χ0) is 12.8. The van der Waals surface area contributed by atoms with Gasteiger partial charge in [-0.2, -0.15) is 0 Å². The smallest absolute Gasteiger partial charge is 0.0420 e. The van der Waals surface area contributed by atoms with Gasteiger partial charge in [0, 0.05) is 0 Å². The van der Waals surface area contributed by atoms with Crippen LogP contribution in [0.2, 0.25) is 0 Å². The van der Waals surface area contributed by atoms with Gasteiger partial charge >= 0.3 is 0 Å². The lowest BCUT2D eigenvalue weighted by atomic mass is 9.97. The van der Waals surface area contributed by atoms with Gasteiger partial charge in [-0.1, -0.05) is 92.9 Å². The lowest BCUT2D eigenvalue weighted by molar-refractivity contribution is 0.438. The van der Waals surface area contributed by atoms with Crippen molar-refractivity contribution in [3.05, 3.63) is 0 Å². The van der Waals surface area contributed by atoms with Gasteiger partial charge in [0.15, 0.2) is 0 Å². The highest BCUT2D eigenvalue weighted by Gasteiger charge is 2.00. The third kappa shape index (κ3) is 12.1. The van der Waals surface area contributed by atoms with Crippen molar-refractivity contribution in [2.45, 2.75) is 92.9 Å². The van der Waals surface area contributed by atoms with Crippen LogP contribution in [0.25, 0.3) is 0 Å². The predicted molar refractivity (Wildman–Crippen MR) is 78.0 cm³/mol. The molecule has 0 spiro atoms. The standard InChI is InChI=1S/C9H20.C7H16/c1-4-7-8-9(5-2)6-3;1-4-7(5-2)6-3/h9H,4-8H2,1-3H3;7H,4-6H2,1-3H3. The van der Waals surface area contributed by atoms with Crippen molar-refractivity contribution in [2.24, 2.45) is 11.8 Å². The second-order valence-corrected chi connectivity index (χ2v) is 4.92. The molecule has 0 heterocycles. The number of rotatable bonds is 8. The molecule has 0 fully saturated rings. The highest BCUT2D eigenvalue weighted by Crippen LogP contribution is 2.15. The molecule has 0 amide bonds. The maximum absolute atomic E-state index is 2.30. The summed E-state index contributed by atoms with van der Waals surface area (Å²) in [6, 6.07) is 0. The summed E-state index contributed by atoms with van der Waals surface area (Å²) in [6.07, 6.45) is 11.0. The molecule has 0 aliphatic carbocycles. The zero-order valence-corrected chi connectivity index (χ0v) is 12.8. The van der Waals surface area contributed by atoms with Crippen molar-refractivity contribution < 1.29 is 0 Å². The van der Waals surface area contributed by atoms with Gasteiger partial charge in [-0.15, -0.1) is 0 Å². The van der Waals surface area contributed by atoms with Crippen LogP contribution in [0.4, 0.5) is 0 Å². The maximum Gasteiger partial charge on any atom is -0.0420 e. The minimum atomic E-state index is 0.986. The molecule has 0 rings (SSSR count). The summed E-state index contributed by atoms with van der Waals surface area (Å²) >= 11 is 0. The summed E-state index contributed by atoms with van der Waals surface area (Å²) in [5, 5.41) is 0. The Bertz CT molecular complexity index is 93.1. The lowest BCUT2D eigenvalue weighted by Crippen LogP contribution is -1.95. The summed E-state index contributed by atoms with van der Waals surface area (Å²) < 4.78 is 0. The first-order chi connectivity index (χ1) is 7.69. The van der Waals surface area contributed by atoms with Crippen LogP contribution < -0.4 is 0 Å². The number of hydrogen-bond acceptors (Lipinski definition) is 0. The van der Waals surface area contributed by atoms with Crippen LogP contribution in [0, 0.1) is 11.8 Å². The average Bonchev–Trinajstić information content (AvgIpc) is 2.34. The Hall–Kier alpha value is 0. The van der Waals surface area contributed by atoms with Crippen molar-refractivity contribution in [1.82, 2.24) is 0 Å². The number of hydrogen-bond donors (Lipinski definition) is 0. The Balaban J connectivity index is 0. The van der Waals surface area contributed by atoms with Crippen LogP contribution in [0.15, 0.2) is 0 Å². The van der Waals surface area contributed by atoms with Crippen molar-refractivity contribution in [3.63, 3.8) is 0 Å². The van der Waals surface area contributed by atoms with Gasteiger partial charge in [0.25, 0.3) is 0 Å². The molecule has 16 heavy (non-hydrogen) atoms. The Kier molecular flexibility index (Phi) is 17.2. The fourth-order valence-electron chi connectivity index (χ4n) is 2.06. The third-order valence-electron chi connectivity index (χ3n) is 3.85. The summed E-state index contributed by atoms with van der Waals surface area (Å²) in [5.74, 6) is 1.99. The normalized spacial score (nSPS) is 10.5. The van der Waals surface area contributed by atoms with Gasteiger partial charge < -0.3 is 0 Å². The van der Waals surface area contributed by atoms with E-state index in [1.54, 1.807) is 0 Å². The molecule has 0 aliphatic rings. The highest BCUT2D eigenvalue weighted by molar-refractivity contribution is 4.53. The minimum absolute atomic E-state index is 0.986. The van der Waals surface area contributed by atoms with Crippen molar-refractivity contribution >= 4 is 0 Å². The van der Waals surface area contributed by atoms with E-state index in [1.807, 2.05) is 0 Å². The first kappa shape index (κ1) is 18.4. The van der Waals surface area contributed by atoms with E-state index in [-0.39, 0.29) is 0 Å². The lowest BCUT2D eigenvalue weighted by Gasteiger charge is -2.09. The SMILES string of the molecule is CCC(CC)CC.CCCCC(CC)CC. The minimum Gasteiger partial charge on any atom is -0.0654 e. The molecular weight excluding hydrogens is 192 g/mol. The topological polar surface area (TPSA) is 0 Å². The second-order valence-electron chi connectivity index (χ2n) is 4.92. The molecule has 0 aliphatic heterocycles. The van der Waals surface area contributed by atoms with Gasteiger partial charge in [0.2, 0.25) is 0 Å². The molecule has 0 saturated carbocycles. The molecular formula is C16H36. The quantitative estimate of drug-likeness (QED) is 0.448. The molecule has 0 aromatic carbocycles. The first-order valence-electron chi connectivity index (χ1n) is 7.69. The largest absolute Gasteiger partial charge is 0.0654 e. The average molecular weight is 228 g/mol. The van der Waals surface area contributed by atoms with E-state index in [1.165, 1.54) is 51.4 Å². The van der Waals surface area contributed by atoms with Gasteiger partial charge in [0.05, 0.1) is 0 Å². The summed E-state index contributed by atoms with van der Waals surface area (Å²) in [7, 11) is 0. The molecule has 0 N–H and O–H groups in total. The van der Waals surface area contributed by atoms with Crippen molar-refractivity contribution in [3.8, 4) is 0 Å². The Labute approximate surface area is 105 Å². The van der Waals surface area contributed by atoms with E-state index in [9.17, 15) is 0 Å². The highest BCUT2D eigenvalue weighted by atomic mass is 14.1. The molecule has 0 heteroatoms. The van der Waals surface area contributed by atoms with E-state index in [0.717, 1.165) is 11.8 Å². The Morgan fingerprint density at radius 2 is 0.938 bits per heavy atom. The van der Waals surface area contributed by atoms with Crippen molar-refractivity contribution in [2.75, 3.05) is 0 Å². The Morgan fingerprint density at radius 1 is 0.562 bits per heavy atom. The van der Waals surface area contributed by atoms with Crippen molar-refractivity contribution in [1.29, 1.82) is 0 Å². The molecule has 0 aromatic rings. The Morgan fingerprint density at radius 3 is 1.12 bits per heavy atom. The van der Waals surface area contributed by atoms with Gasteiger partial charge in [-0.3, -0.25) is 0 Å². The molecule has 0 bridgehead atoms. The van der Waals surface area contributed by atoms with E-state index in [0.29, 0.717) is 0 Å².